The van der Waals surface area contributed by atoms with Gasteiger partial charge in [-0.05, 0) is 19.1 Å². The van der Waals surface area contributed by atoms with Crippen LogP contribution in [0.4, 0.5) is 5.82 Å². The van der Waals surface area contributed by atoms with E-state index < -0.39 is 5.97 Å². The van der Waals surface area contributed by atoms with E-state index in [0.29, 0.717) is 43.2 Å². The first-order chi connectivity index (χ1) is 13.6. The average Bonchev–Trinajstić information content (AvgIpc) is 2.72. The molecule has 1 aromatic carbocycles. The van der Waals surface area contributed by atoms with Crippen LogP contribution in [0.2, 0.25) is 0 Å². The highest BCUT2D eigenvalue weighted by Crippen LogP contribution is 2.15. The van der Waals surface area contributed by atoms with Crippen molar-refractivity contribution in [2.45, 2.75) is 19.9 Å². The van der Waals surface area contributed by atoms with Gasteiger partial charge < -0.3 is 24.3 Å². The summed E-state index contributed by atoms with van der Waals surface area (Å²) in [6.45, 7) is 4.26. The molecule has 1 N–H and O–H groups in total. The lowest BCUT2D eigenvalue weighted by Gasteiger charge is -2.28. The van der Waals surface area contributed by atoms with Crippen LogP contribution < -0.4 is 15.8 Å². The van der Waals surface area contributed by atoms with E-state index in [-0.39, 0.29) is 37.6 Å². The molecule has 0 atom stereocenters. The second-order valence-corrected chi connectivity index (χ2v) is 6.31. The number of nitrogens with zero attached hydrogens (tertiary/aromatic N) is 3. The number of hydrogen-bond donors (Lipinski definition) is 1. The third-order valence-electron chi connectivity index (χ3n) is 4.44. The highest BCUT2D eigenvalue weighted by molar-refractivity contribution is 5.82. The molecule has 1 amide bonds. The second kappa shape index (κ2) is 9.32. The summed E-state index contributed by atoms with van der Waals surface area (Å²) in [5.74, 6) is -0.445. The van der Waals surface area contributed by atoms with Gasteiger partial charge in [-0.25, -0.2) is 4.98 Å². The number of carbonyl (C=O) groups is 2. The molecule has 1 aliphatic rings. The molecule has 0 saturated carbocycles. The SMILES string of the molecule is CCOC(=O)CNC(=O)CCn1c(=O)c(N2CCOCC2)nc2ccccc21. The molecule has 28 heavy (non-hydrogen) atoms. The number of hydrogen-bond acceptors (Lipinski definition) is 7. The van der Waals surface area contributed by atoms with Crippen LogP contribution in [0.25, 0.3) is 11.0 Å². The lowest BCUT2D eigenvalue weighted by molar-refractivity contribution is -0.143. The third kappa shape index (κ3) is 4.66. The molecular weight excluding hydrogens is 364 g/mol. The first-order valence-corrected chi connectivity index (χ1v) is 9.34. The van der Waals surface area contributed by atoms with Gasteiger partial charge >= 0.3 is 5.97 Å². The Kier molecular flexibility index (Phi) is 6.59. The molecule has 1 saturated heterocycles. The van der Waals surface area contributed by atoms with E-state index in [1.165, 1.54) is 0 Å². The van der Waals surface area contributed by atoms with Crippen LogP contribution in [0, 0.1) is 0 Å². The van der Waals surface area contributed by atoms with Crippen molar-refractivity contribution in [3.8, 4) is 0 Å². The van der Waals surface area contributed by atoms with Gasteiger partial charge in [0.05, 0.1) is 30.9 Å². The number of para-hydroxylation sites is 2. The summed E-state index contributed by atoms with van der Waals surface area (Å²) < 4.78 is 11.7. The Labute approximate surface area is 162 Å². The summed E-state index contributed by atoms with van der Waals surface area (Å²) in [7, 11) is 0. The minimum Gasteiger partial charge on any atom is -0.465 e. The van der Waals surface area contributed by atoms with Crippen molar-refractivity contribution in [2.75, 3.05) is 44.4 Å². The molecule has 0 bridgehead atoms. The molecule has 2 heterocycles. The number of amides is 1. The minimum absolute atomic E-state index is 0.0653. The highest BCUT2D eigenvalue weighted by atomic mass is 16.5. The van der Waals surface area contributed by atoms with Gasteiger partial charge in [-0.15, -0.1) is 0 Å². The molecule has 0 spiro atoms. The first-order valence-electron chi connectivity index (χ1n) is 9.34. The quantitative estimate of drug-likeness (QED) is 0.681. The fraction of sp³-hybridized carbons (Fsp3) is 0.474. The lowest BCUT2D eigenvalue weighted by atomic mass is 10.2. The average molecular weight is 388 g/mol. The minimum atomic E-state index is -0.489. The standard InChI is InChI=1S/C19H24N4O5/c1-2-28-17(25)13-20-16(24)7-8-23-15-6-4-3-5-14(15)21-18(19(23)26)22-9-11-27-12-10-22/h3-6H,2,7-13H2,1H3,(H,20,24). The Balaban J connectivity index is 1.79. The number of esters is 1. The largest absolute Gasteiger partial charge is 0.465 e. The summed E-state index contributed by atoms with van der Waals surface area (Å²) in [6.07, 6.45) is 0.0653. The summed E-state index contributed by atoms with van der Waals surface area (Å²) >= 11 is 0. The number of rotatable bonds is 7. The number of anilines is 1. The van der Waals surface area contributed by atoms with Crippen LogP contribution in [-0.4, -0.2) is 60.9 Å². The molecule has 0 aliphatic carbocycles. The van der Waals surface area contributed by atoms with Gasteiger partial charge in [-0.2, -0.15) is 0 Å². The van der Waals surface area contributed by atoms with Crippen LogP contribution in [0.5, 0.6) is 0 Å². The number of benzene rings is 1. The summed E-state index contributed by atoms with van der Waals surface area (Å²) in [4.78, 5) is 42.9. The van der Waals surface area contributed by atoms with E-state index in [2.05, 4.69) is 10.3 Å². The van der Waals surface area contributed by atoms with Crippen LogP contribution >= 0.6 is 0 Å². The fourth-order valence-corrected chi connectivity index (χ4v) is 3.07. The van der Waals surface area contributed by atoms with E-state index in [1.54, 1.807) is 11.5 Å². The molecule has 150 valence electrons. The Morgan fingerprint density at radius 2 is 2.00 bits per heavy atom. The molecule has 9 nitrogen and oxygen atoms in total. The van der Waals surface area contributed by atoms with Crippen molar-refractivity contribution in [1.29, 1.82) is 0 Å². The van der Waals surface area contributed by atoms with E-state index >= 15 is 0 Å². The first kappa shape index (κ1) is 19.8. The molecule has 0 radical (unpaired) electrons. The van der Waals surface area contributed by atoms with Gasteiger partial charge in [0.25, 0.3) is 5.56 Å². The van der Waals surface area contributed by atoms with Gasteiger partial charge in [0, 0.05) is 26.1 Å². The summed E-state index contributed by atoms with van der Waals surface area (Å²) in [6, 6.07) is 7.34. The number of morpholine rings is 1. The van der Waals surface area contributed by atoms with Crippen molar-refractivity contribution >= 4 is 28.7 Å². The van der Waals surface area contributed by atoms with Gasteiger partial charge in [-0.3, -0.25) is 14.4 Å². The number of aryl methyl sites for hydroxylation is 1. The topological polar surface area (TPSA) is 103 Å². The van der Waals surface area contributed by atoms with Gasteiger partial charge in [0.15, 0.2) is 5.82 Å². The normalized spacial score (nSPS) is 14.1. The van der Waals surface area contributed by atoms with Crippen molar-refractivity contribution < 1.29 is 19.1 Å². The second-order valence-electron chi connectivity index (χ2n) is 6.31. The Hall–Kier alpha value is -2.94. The zero-order valence-corrected chi connectivity index (χ0v) is 15.8. The molecule has 0 unspecified atom stereocenters. The molecular formula is C19H24N4O5. The van der Waals surface area contributed by atoms with E-state index in [4.69, 9.17) is 9.47 Å². The summed E-state index contributed by atoms with van der Waals surface area (Å²) in [5, 5.41) is 2.51. The number of aromatic nitrogens is 2. The zero-order valence-electron chi connectivity index (χ0n) is 15.8. The number of fused-ring (bicyclic) bond motifs is 1. The maximum atomic E-state index is 13.1. The van der Waals surface area contributed by atoms with E-state index in [9.17, 15) is 14.4 Å². The van der Waals surface area contributed by atoms with Crippen LogP contribution in [0.3, 0.4) is 0 Å². The van der Waals surface area contributed by atoms with E-state index in [1.807, 2.05) is 29.2 Å². The Morgan fingerprint density at radius 1 is 1.25 bits per heavy atom. The third-order valence-corrected chi connectivity index (χ3v) is 4.44. The molecule has 1 aliphatic heterocycles. The lowest BCUT2D eigenvalue weighted by Crippen LogP contribution is -2.41. The van der Waals surface area contributed by atoms with Crippen LogP contribution in [0.1, 0.15) is 13.3 Å². The highest BCUT2D eigenvalue weighted by Gasteiger charge is 2.19. The maximum Gasteiger partial charge on any atom is 0.325 e. The van der Waals surface area contributed by atoms with Crippen molar-refractivity contribution in [3.63, 3.8) is 0 Å². The predicted octanol–water partition coefficient (Wildman–Crippen LogP) is 0.303. The van der Waals surface area contributed by atoms with Crippen LogP contribution in [0.15, 0.2) is 29.1 Å². The van der Waals surface area contributed by atoms with Crippen LogP contribution in [-0.2, 0) is 25.6 Å². The molecule has 1 aromatic heterocycles. The monoisotopic (exact) mass is 388 g/mol. The van der Waals surface area contributed by atoms with Gasteiger partial charge in [-0.1, -0.05) is 12.1 Å². The molecule has 9 heteroatoms. The van der Waals surface area contributed by atoms with Crippen molar-refractivity contribution in [2.24, 2.45) is 0 Å². The number of ether oxygens (including phenoxy) is 2. The fourth-order valence-electron chi connectivity index (χ4n) is 3.07. The Morgan fingerprint density at radius 3 is 2.75 bits per heavy atom. The maximum absolute atomic E-state index is 13.1. The van der Waals surface area contributed by atoms with Crippen molar-refractivity contribution in [1.82, 2.24) is 14.9 Å². The predicted molar refractivity (Wildman–Crippen MR) is 103 cm³/mol. The molecule has 1 fully saturated rings. The smallest absolute Gasteiger partial charge is 0.325 e. The molecule has 3 rings (SSSR count). The van der Waals surface area contributed by atoms with E-state index in [0.717, 1.165) is 0 Å². The zero-order chi connectivity index (χ0) is 19.9. The Bertz CT molecular complexity index is 905. The summed E-state index contributed by atoms with van der Waals surface area (Å²) in [5.41, 5.74) is 1.12. The number of nitrogens with one attached hydrogen (secondary N) is 1. The van der Waals surface area contributed by atoms with Gasteiger partial charge in [0.2, 0.25) is 5.91 Å². The molecule has 2 aromatic rings. The van der Waals surface area contributed by atoms with Gasteiger partial charge in [0.1, 0.15) is 6.54 Å². The number of carbonyl (C=O) groups excluding carboxylic acids is 2. The van der Waals surface area contributed by atoms with Crippen molar-refractivity contribution in [3.05, 3.63) is 34.6 Å².